The van der Waals surface area contributed by atoms with Crippen LogP contribution < -0.4 is 11.1 Å². The standard InChI is InChI=1S/C20H20N4O2/c1-14-7-9-16(10-8-14)19-17(20(26)22-11-18(21)25)13-24(23-19)12-15-5-3-2-4-6-15/h2-10,13H,11-12H2,1H3,(H2,21,25)(H,22,26). The molecule has 2 amide bonds. The van der Waals surface area contributed by atoms with Crippen molar-refractivity contribution in [1.82, 2.24) is 15.1 Å². The number of aromatic nitrogens is 2. The molecule has 132 valence electrons. The van der Waals surface area contributed by atoms with Gasteiger partial charge in [0.05, 0.1) is 18.7 Å². The highest BCUT2D eigenvalue weighted by Crippen LogP contribution is 2.23. The topological polar surface area (TPSA) is 90.0 Å². The molecule has 0 aliphatic rings. The first kappa shape index (κ1) is 17.4. The maximum Gasteiger partial charge on any atom is 0.255 e. The summed E-state index contributed by atoms with van der Waals surface area (Å²) in [6.07, 6.45) is 1.69. The normalized spacial score (nSPS) is 10.5. The van der Waals surface area contributed by atoms with Crippen molar-refractivity contribution in [3.05, 3.63) is 77.5 Å². The van der Waals surface area contributed by atoms with Crippen LogP contribution in [0, 0.1) is 6.92 Å². The molecule has 0 spiro atoms. The van der Waals surface area contributed by atoms with Crippen LogP contribution in [0.15, 0.2) is 60.8 Å². The Bertz CT molecular complexity index is 915. The number of hydrogen-bond donors (Lipinski definition) is 2. The number of carbonyl (C=O) groups is 2. The second-order valence-corrected chi connectivity index (χ2v) is 6.09. The fourth-order valence-electron chi connectivity index (χ4n) is 2.63. The molecular weight excluding hydrogens is 328 g/mol. The lowest BCUT2D eigenvalue weighted by Crippen LogP contribution is -2.33. The average molecular weight is 348 g/mol. The molecule has 1 heterocycles. The smallest absolute Gasteiger partial charge is 0.255 e. The third kappa shape index (κ3) is 4.16. The van der Waals surface area contributed by atoms with E-state index in [2.05, 4.69) is 10.4 Å². The zero-order valence-corrected chi connectivity index (χ0v) is 14.5. The zero-order valence-electron chi connectivity index (χ0n) is 14.5. The fourth-order valence-corrected chi connectivity index (χ4v) is 2.63. The first-order valence-corrected chi connectivity index (χ1v) is 8.28. The molecule has 3 aromatic rings. The highest BCUT2D eigenvalue weighted by atomic mass is 16.2. The molecule has 0 saturated carbocycles. The third-order valence-electron chi connectivity index (χ3n) is 3.94. The number of hydrogen-bond acceptors (Lipinski definition) is 3. The Morgan fingerprint density at radius 1 is 1.08 bits per heavy atom. The molecule has 6 heteroatoms. The summed E-state index contributed by atoms with van der Waals surface area (Å²) >= 11 is 0. The summed E-state index contributed by atoms with van der Waals surface area (Å²) in [5.41, 5.74) is 9.14. The van der Waals surface area contributed by atoms with E-state index in [0.717, 1.165) is 16.7 Å². The van der Waals surface area contributed by atoms with Gasteiger partial charge in [0, 0.05) is 11.8 Å². The first-order valence-electron chi connectivity index (χ1n) is 8.28. The van der Waals surface area contributed by atoms with Gasteiger partial charge >= 0.3 is 0 Å². The maximum atomic E-state index is 12.5. The summed E-state index contributed by atoms with van der Waals surface area (Å²) in [4.78, 5) is 23.5. The Kier molecular flexibility index (Phi) is 5.12. The summed E-state index contributed by atoms with van der Waals surface area (Å²) < 4.78 is 1.73. The number of nitrogens with zero attached hydrogens (tertiary/aromatic N) is 2. The van der Waals surface area contributed by atoms with Gasteiger partial charge < -0.3 is 11.1 Å². The van der Waals surface area contributed by atoms with Gasteiger partial charge in [-0.15, -0.1) is 0 Å². The van der Waals surface area contributed by atoms with Crippen molar-refractivity contribution in [3.63, 3.8) is 0 Å². The summed E-state index contributed by atoms with van der Waals surface area (Å²) in [6.45, 7) is 2.33. The SMILES string of the molecule is Cc1ccc(-c2nn(Cc3ccccc3)cc2C(=O)NCC(N)=O)cc1. The Hall–Kier alpha value is -3.41. The van der Waals surface area contributed by atoms with Crippen LogP contribution >= 0.6 is 0 Å². The molecular formula is C20H20N4O2. The van der Waals surface area contributed by atoms with E-state index in [4.69, 9.17) is 5.73 Å². The van der Waals surface area contributed by atoms with Gasteiger partial charge in [-0.05, 0) is 12.5 Å². The highest BCUT2D eigenvalue weighted by Gasteiger charge is 2.18. The van der Waals surface area contributed by atoms with Crippen LogP contribution in [0.1, 0.15) is 21.5 Å². The van der Waals surface area contributed by atoms with Crippen LogP contribution in [0.5, 0.6) is 0 Å². The lowest BCUT2D eigenvalue weighted by atomic mass is 10.1. The van der Waals surface area contributed by atoms with Crippen molar-refractivity contribution in [1.29, 1.82) is 0 Å². The largest absolute Gasteiger partial charge is 0.368 e. The molecule has 0 saturated heterocycles. The predicted molar refractivity (Wildman–Crippen MR) is 99.5 cm³/mol. The maximum absolute atomic E-state index is 12.5. The molecule has 0 atom stereocenters. The van der Waals surface area contributed by atoms with E-state index in [0.29, 0.717) is 17.8 Å². The van der Waals surface area contributed by atoms with E-state index in [9.17, 15) is 9.59 Å². The van der Waals surface area contributed by atoms with Gasteiger partial charge in [-0.1, -0.05) is 60.2 Å². The summed E-state index contributed by atoms with van der Waals surface area (Å²) in [7, 11) is 0. The molecule has 0 fully saturated rings. The number of benzene rings is 2. The zero-order chi connectivity index (χ0) is 18.5. The predicted octanol–water partition coefficient (Wildman–Crippen LogP) is 2.12. The van der Waals surface area contributed by atoms with Crippen molar-refractivity contribution in [2.75, 3.05) is 6.54 Å². The van der Waals surface area contributed by atoms with Crippen LogP contribution in [0.4, 0.5) is 0 Å². The number of amides is 2. The van der Waals surface area contributed by atoms with E-state index in [1.807, 2.05) is 61.5 Å². The molecule has 0 aliphatic carbocycles. The number of rotatable bonds is 6. The lowest BCUT2D eigenvalue weighted by molar-refractivity contribution is -0.117. The van der Waals surface area contributed by atoms with Gasteiger partial charge in [-0.2, -0.15) is 5.10 Å². The van der Waals surface area contributed by atoms with E-state index in [-0.39, 0.29) is 12.5 Å². The fraction of sp³-hybridized carbons (Fsp3) is 0.150. The average Bonchev–Trinajstić information content (AvgIpc) is 3.05. The number of carbonyl (C=O) groups excluding carboxylic acids is 2. The molecule has 0 bridgehead atoms. The second-order valence-electron chi connectivity index (χ2n) is 6.09. The minimum Gasteiger partial charge on any atom is -0.368 e. The second kappa shape index (κ2) is 7.65. The van der Waals surface area contributed by atoms with Crippen LogP contribution in [0.3, 0.4) is 0 Å². The van der Waals surface area contributed by atoms with Crippen molar-refractivity contribution in [2.45, 2.75) is 13.5 Å². The van der Waals surface area contributed by atoms with Crippen molar-refractivity contribution in [2.24, 2.45) is 5.73 Å². The molecule has 26 heavy (non-hydrogen) atoms. The molecule has 6 nitrogen and oxygen atoms in total. The summed E-state index contributed by atoms with van der Waals surface area (Å²) in [6, 6.07) is 17.7. The number of aryl methyl sites for hydroxylation is 1. The molecule has 0 radical (unpaired) electrons. The third-order valence-corrected chi connectivity index (χ3v) is 3.94. The van der Waals surface area contributed by atoms with Crippen LogP contribution in [-0.4, -0.2) is 28.1 Å². The summed E-state index contributed by atoms with van der Waals surface area (Å²) in [5, 5.41) is 7.12. The molecule has 1 aromatic heterocycles. The quantitative estimate of drug-likeness (QED) is 0.715. The molecule has 3 rings (SSSR count). The molecule has 0 aliphatic heterocycles. The van der Waals surface area contributed by atoms with Gasteiger partial charge in [0.15, 0.2) is 0 Å². The monoisotopic (exact) mass is 348 g/mol. The van der Waals surface area contributed by atoms with Gasteiger partial charge in [0.25, 0.3) is 5.91 Å². The van der Waals surface area contributed by atoms with Crippen LogP contribution in [0.2, 0.25) is 0 Å². The van der Waals surface area contributed by atoms with Crippen molar-refractivity contribution >= 4 is 11.8 Å². The van der Waals surface area contributed by atoms with Crippen molar-refractivity contribution in [3.8, 4) is 11.3 Å². The first-order chi connectivity index (χ1) is 12.5. The summed E-state index contributed by atoms with van der Waals surface area (Å²) in [5.74, 6) is -0.967. The highest BCUT2D eigenvalue weighted by molar-refractivity contribution is 6.01. The van der Waals surface area contributed by atoms with E-state index < -0.39 is 5.91 Å². The van der Waals surface area contributed by atoms with Crippen molar-refractivity contribution < 1.29 is 9.59 Å². The Labute approximate surface area is 151 Å². The molecule has 0 unspecified atom stereocenters. The van der Waals surface area contributed by atoms with E-state index >= 15 is 0 Å². The van der Waals surface area contributed by atoms with Crippen LogP contribution in [-0.2, 0) is 11.3 Å². The van der Waals surface area contributed by atoms with E-state index in [1.54, 1.807) is 10.9 Å². The Morgan fingerprint density at radius 2 is 1.77 bits per heavy atom. The van der Waals surface area contributed by atoms with Gasteiger partial charge in [0.2, 0.25) is 5.91 Å². The van der Waals surface area contributed by atoms with E-state index in [1.165, 1.54) is 0 Å². The van der Waals surface area contributed by atoms with Gasteiger partial charge in [0.1, 0.15) is 5.69 Å². The van der Waals surface area contributed by atoms with Crippen LogP contribution in [0.25, 0.3) is 11.3 Å². The Morgan fingerprint density at radius 3 is 2.42 bits per heavy atom. The number of primary amides is 1. The lowest BCUT2D eigenvalue weighted by Gasteiger charge is -2.04. The Balaban J connectivity index is 1.95. The number of nitrogens with one attached hydrogen (secondary N) is 1. The van der Waals surface area contributed by atoms with Gasteiger partial charge in [-0.25, -0.2) is 0 Å². The minimum absolute atomic E-state index is 0.212. The minimum atomic E-state index is -0.591. The molecule has 3 N–H and O–H groups in total. The number of nitrogens with two attached hydrogens (primary N) is 1. The van der Waals surface area contributed by atoms with Gasteiger partial charge in [-0.3, -0.25) is 14.3 Å². The molecule has 2 aromatic carbocycles.